The zero-order chi connectivity index (χ0) is 17.1. The fraction of sp³-hybridized carbons (Fsp3) is 0.286. The standard InChI is InChI=1S/C21H21FN2O/c22-18-10-8-16(9-11-18)13-19-14-23-21(25-19)20-7-4-12-24(20)15-17-5-2-1-3-6-17/h1-3,5-6,8-11,14,20H,4,7,12-13,15H2/t20-/m0/s1. The van der Waals surface area contributed by atoms with Gasteiger partial charge in [0.05, 0.1) is 12.2 Å². The highest BCUT2D eigenvalue weighted by atomic mass is 19.1. The highest BCUT2D eigenvalue weighted by Crippen LogP contribution is 2.33. The lowest BCUT2D eigenvalue weighted by molar-refractivity contribution is 0.212. The molecule has 0 radical (unpaired) electrons. The lowest BCUT2D eigenvalue weighted by Crippen LogP contribution is -2.22. The van der Waals surface area contributed by atoms with Crippen molar-refractivity contribution in [1.82, 2.24) is 9.88 Å². The maximum Gasteiger partial charge on any atom is 0.211 e. The molecular formula is C21H21FN2O. The Morgan fingerprint density at radius 1 is 1.04 bits per heavy atom. The largest absolute Gasteiger partial charge is 0.444 e. The van der Waals surface area contributed by atoms with Gasteiger partial charge in [0.15, 0.2) is 0 Å². The van der Waals surface area contributed by atoms with E-state index in [1.165, 1.54) is 17.7 Å². The zero-order valence-corrected chi connectivity index (χ0v) is 14.1. The van der Waals surface area contributed by atoms with E-state index in [4.69, 9.17) is 4.42 Å². The van der Waals surface area contributed by atoms with Crippen LogP contribution < -0.4 is 0 Å². The van der Waals surface area contributed by atoms with Crippen LogP contribution in [-0.4, -0.2) is 16.4 Å². The molecule has 25 heavy (non-hydrogen) atoms. The number of aromatic nitrogens is 1. The Labute approximate surface area is 147 Å². The third-order valence-corrected chi connectivity index (χ3v) is 4.74. The molecule has 0 N–H and O–H groups in total. The Hall–Kier alpha value is -2.46. The number of benzene rings is 2. The number of rotatable bonds is 5. The molecule has 2 heterocycles. The van der Waals surface area contributed by atoms with Crippen molar-refractivity contribution in [2.45, 2.75) is 31.8 Å². The van der Waals surface area contributed by atoms with E-state index in [9.17, 15) is 4.39 Å². The van der Waals surface area contributed by atoms with E-state index in [0.717, 1.165) is 43.1 Å². The van der Waals surface area contributed by atoms with E-state index in [1.54, 1.807) is 18.3 Å². The summed E-state index contributed by atoms with van der Waals surface area (Å²) in [4.78, 5) is 6.95. The first kappa shape index (κ1) is 16.0. The molecule has 0 amide bonds. The van der Waals surface area contributed by atoms with Crippen molar-refractivity contribution in [2.75, 3.05) is 6.54 Å². The number of hydrogen-bond donors (Lipinski definition) is 0. The average molecular weight is 336 g/mol. The second-order valence-corrected chi connectivity index (χ2v) is 6.58. The maximum atomic E-state index is 13.0. The van der Waals surface area contributed by atoms with Crippen LogP contribution in [0.15, 0.2) is 65.2 Å². The third-order valence-electron chi connectivity index (χ3n) is 4.74. The van der Waals surface area contributed by atoms with E-state index in [-0.39, 0.29) is 11.9 Å². The molecule has 1 aromatic heterocycles. The first-order valence-electron chi connectivity index (χ1n) is 8.75. The number of oxazole rings is 1. The van der Waals surface area contributed by atoms with Crippen LogP contribution in [0.25, 0.3) is 0 Å². The van der Waals surface area contributed by atoms with Gasteiger partial charge in [-0.25, -0.2) is 9.37 Å². The second kappa shape index (κ2) is 7.19. The van der Waals surface area contributed by atoms with E-state index < -0.39 is 0 Å². The van der Waals surface area contributed by atoms with Gasteiger partial charge in [0, 0.05) is 13.0 Å². The molecule has 4 rings (SSSR count). The first-order chi connectivity index (χ1) is 12.3. The van der Waals surface area contributed by atoms with Crippen molar-refractivity contribution in [3.05, 3.63) is 89.4 Å². The Bertz CT molecular complexity index is 813. The fourth-order valence-corrected chi connectivity index (χ4v) is 3.47. The topological polar surface area (TPSA) is 29.3 Å². The summed E-state index contributed by atoms with van der Waals surface area (Å²) in [5.41, 5.74) is 2.34. The molecule has 128 valence electrons. The number of nitrogens with zero attached hydrogens (tertiary/aromatic N) is 2. The van der Waals surface area contributed by atoms with E-state index in [0.29, 0.717) is 6.42 Å². The van der Waals surface area contributed by atoms with Crippen molar-refractivity contribution < 1.29 is 8.81 Å². The van der Waals surface area contributed by atoms with Gasteiger partial charge in [0.25, 0.3) is 0 Å². The van der Waals surface area contributed by atoms with Crippen LogP contribution in [0.2, 0.25) is 0 Å². The molecule has 0 aliphatic carbocycles. The van der Waals surface area contributed by atoms with Crippen molar-refractivity contribution in [3.63, 3.8) is 0 Å². The molecule has 0 unspecified atom stereocenters. The molecule has 1 fully saturated rings. The van der Waals surface area contributed by atoms with Crippen LogP contribution in [-0.2, 0) is 13.0 Å². The van der Waals surface area contributed by atoms with Crippen molar-refractivity contribution >= 4 is 0 Å². The highest BCUT2D eigenvalue weighted by molar-refractivity contribution is 5.21. The highest BCUT2D eigenvalue weighted by Gasteiger charge is 2.29. The molecule has 1 aliphatic heterocycles. The summed E-state index contributed by atoms with van der Waals surface area (Å²) in [5, 5.41) is 0. The number of likely N-dealkylation sites (tertiary alicyclic amines) is 1. The molecule has 3 nitrogen and oxygen atoms in total. The second-order valence-electron chi connectivity index (χ2n) is 6.58. The Morgan fingerprint density at radius 2 is 1.84 bits per heavy atom. The summed E-state index contributed by atoms with van der Waals surface area (Å²) in [7, 11) is 0. The monoisotopic (exact) mass is 336 g/mol. The van der Waals surface area contributed by atoms with E-state index in [1.807, 2.05) is 6.07 Å². The third kappa shape index (κ3) is 3.80. The molecule has 2 aromatic carbocycles. The smallest absolute Gasteiger partial charge is 0.211 e. The van der Waals surface area contributed by atoms with Gasteiger partial charge < -0.3 is 4.42 Å². The van der Waals surface area contributed by atoms with Crippen LogP contribution in [0, 0.1) is 5.82 Å². The van der Waals surface area contributed by atoms with Crippen LogP contribution in [0.5, 0.6) is 0 Å². The lowest BCUT2D eigenvalue weighted by atomic mass is 10.1. The maximum absolute atomic E-state index is 13.0. The van der Waals surface area contributed by atoms with Crippen molar-refractivity contribution in [1.29, 1.82) is 0 Å². The predicted molar refractivity (Wildman–Crippen MR) is 94.5 cm³/mol. The fourth-order valence-electron chi connectivity index (χ4n) is 3.47. The molecule has 0 bridgehead atoms. The van der Waals surface area contributed by atoms with Crippen LogP contribution >= 0.6 is 0 Å². The zero-order valence-electron chi connectivity index (χ0n) is 14.1. The Morgan fingerprint density at radius 3 is 2.64 bits per heavy atom. The summed E-state index contributed by atoms with van der Waals surface area (Å²) in [6.45, 7) is 1.98. The van der Waals surface area contributed by atoms with Crippen LogP contribution in [0.1, 0.15) is 41.7 Å². The van der Waals surface area contributed by atoms with Gasteiger partial charge in [-0.1, -0.05) is 42.5 Å². The minimum absolute atomic E-state index is 0.218. The number of hydrogen-bond acceptors (Lipinski definition) is 3. The summed E-state index contributed by atoms with van der Waals surface area (Å²) >= 11 is 0. The summed E-state index contributed by atoms with van der Waals surface area (Å²) in [6.07, 6.45) is 4.67. The quantitative estimate of drug-likeness (QED) is 0.674. The molecule has 1 atom stereocenters. The van der Waals surface area contributed by atoms with E-state index >= 15 is 0 Å². The van der Waals surface area contributed by atoms with Crippen LogP contribution in [0.3, 0.4) is 0 Å². The first-order valence-corrected chi connectivity index (χ1v) is 8.75. The molecular weight excluding hydrogens is 315 g/mol. The minimum Gasteiger partial charge on any atom is -0.444 e. The predicted octanol–water partition coefficient (Wildman–Crippen LogP) is 4.74. The molecule has 3 aromatic rings. The van der Waals surface area contributed by atoms with Crippen molar-refractivity contribution in [2.24, 2.45) is 0 Å². The summed E-state index contributed by atoms with van der Waals surface area (Å²) in [5.74, 6) is 1.41. The van der Waals surface area contributed by atoms with Gasteiger partial charge in [0.2, 0.25) is 5.89 Å². The normalized spacial score (nSPS) is 17.9. The Balaban J connectivity index is 1.46. The molecule has 1 aliphatic rings. The minimum atomic E-state index is -0.218. The molecule has 4 heteroatoms. The molecule has 0 spiro atoms. The van der Waals surface area contributed by atoms with Gasteiger partial charge in [-0.05, 0) is 42.6 Å². The SMILES string of the molecule is Fc1ccc(Cc2cnc([C@@H]3CCCN3Cc3ccccc3)o2)cc1. The molecule has 1 saturated heterocycles. The van der Waals surface area contributed by atoms with Crippen molar-refractivity contribution in [3.8, 4) is 0 Å². The van der Waals surface area contributed by atoms with Gasteiger partial charge in [0.1, 0.15) is 11.6 Å². The number of halogens is 1. The van der Waals surface area contributed by atoms with Gasteiger partial charge in [-0.3, -0.25) is 4.90 Å². The molecule has 0 saturated carbocycles. The Kier molecular flexibility index (Phi) is 4.61. The lowest BCUT2D eigenvalue weighted by Gasteiger charge is -2.21. The van der Waals surface area contributed by atoms with Crippen LogP contribution in [0.4, 0.5) is 4.39 Å². The van der Waals surface area contributed by atoms with Gasteiger partial charge in [-0.2, -0.15) is 0 Å². The average Bonchev–Trinajstić information content (AvgIpc) is 3.27. The van der Waals surface area contributed by atoms with Gasteiger partial charge >= 0.3 is 0 Å². The van der Waals surface area contributed by atoms with Gasteiger partial charge in [-0.15, -0.1) is 0 Å². The summed E-state index contributed by atoms with van der Waals surface area (Å²) < 4.78 is 19.0. The summed E-state index contributed by atoms with van der Waals surface area (Å²) in [6, 6.07) is 17.3. The van der Waals surface area contributed by atoms with E-state index in [2.05, 4.69) is 34.1 Å².